The minimum atomic E-state index is 0.618. The number of nitrogens with one attached hydrogen (secondary N) is 2. The summed E-state index contributed by atoms with van der Waals surface area (Å²) in [4.78, 5) is 4.31. The van der Waals surface area contributed by atoms with Crippen LogP contribution in [0.1, 0.15) is 30.9 Å². The second-order valence-corrected chi connectivity index (χ2v) is 7.42. The number of ether oxygens (including phenoxy) is 2. The average molecular weight is 366 g/mol. The Balaban J connectivity index is 1.70. The summed E-state index contributed by atoms with van der Waals surface area (Å²) in [5.74, 6) is 2.16. The Hall–Kier alpha value is -1.24. The fraction of sp³-hybridized carbons (Fsp3) is 0.632. The van der Waals surface area contributed by atoms with E-state index in [1.807, 2.05) is 14.0 Å². The SMILES string of the molecule is CCOCCOCc1cccc(CNC(=NC)NCC2CCCS2)c1. The van der Waals surface area contributed by atoms with Gasteiger partial charge in [-0.25, -0.2) is 0 Å². The van der Waals surface area contributed by atoms with Crippen molar-refractivity contribution in [2.75, 3.05) is 39.2 Å². The summed E-state index contributed by atoms with van der Waals surface area (Å²) in [6, 6.07) is 8.46. The molecule has 5 nitrogen and oxygen atoms in total. The zero-order chi connectivity index (χ0) is 17.7. The van der Waals surface area contributed by atoms with E-state index in [1.165, 1.54) is 29.7 Å². The Kier molecular flexibility index (Phi) is 9.77. The van der Waals surface area contributed by atoms with Gasteiger partial charge in [0.2, 0.25) is 0 Å². The summed E-state index contributed by atoms with van der Waals surface area (Å²) in [6.45, 7) is 6.37. The summed E-state index contributed by atoms with van der Waals surface area (Å²) < 4.78 is 10.9. The van der Waals surface area contributed by atoms with Crippen LogP contribution in [0.3, 0.4) is 0 Å². The first-order chi connectivity index (χ1) is 12.3. The van der Waals surface area contributed by atoms with Gasteiger partial charge in [-0.3, -0.25) is 4.99 Å². The van der Waals surface area contributed by atoms with Crippen LogP contribution in [0.5, 0.6) is 0 Å². The molecule has 0 amide bonds. The zero-order valence-electron chi connectivity index (χ0n) is 15.4. The van der Waals surface area contributed by atoms with Gasteiger partial charge in [0.25, 0.3) is 0 Å². The maximum atomic E-state index is 5.64. The summed E-state index contributed by atoms with van der Waals surface area (Å²) in [5.41, 5.74) is 2.41. The second kappa shape index (κ2) is 12.2. The molecule has 1 atom stereocenters. The lowest BCUT2D eigenvalue weighted by atomic mass is 10.1. The van der Waals surface area contributed by atoms with Gasteiger partial charge in [-0.2, -0.15) is 11.8 Å². The number of hydrogen-bond donors (Lipinski definition) is 2. The van der Waals surface area contributed by atoms with Gasteiger partial charge in [0.1, 0.15) is 0 Å². The van der Waals surface area contributed by atoms with Gasteiger partial charge < -0.3 is 20.1 Å². The van der Waals surface area contributed by atoms with Crippen molar-refractivity contribution in [1.29, 1.82) is 0 Å². The molecule has 1 fully saturated rings. The second-order valence-electron chi connectivity index (χ2n) is 6.01. The molecule has 0 bridgehead atoms. The molecular weight excluding hydrogens is 334 g/mol. The Morgan fingerprint density at radius 1 is 1.24 bits per heavy atom. The highest BCUT2D eigenvalue weighted by molar-refractivity contribution is 8.00. The molecule has 140 valence electrons. The number of aliphatic imine (C=N–C) groups is 1. The van der Waals surface area contributed by atoms with E-state index in [-0.39, 0.29) is 0 Å². The van der Waals surface area contributed by atoms with E-state index < -0.39 is 0 Å². The molecule has 1 aromatic rings. The molecule has 1 aliphatic heterocycles. The zero-order valence-corrected chi connectivity index (χ0v) is 16.2. The predicted octanol–water partition coefficient (Wildman–Crippen LogP) is 2.80. The van der Waals surface area contributed by atoms with Gasteiger partial charge in [0.05, 0.1) is 19.8 Å². The quantitative estimate of drug-likeness (QED) is 0.379. The third-order valence-electron chi connectivity index (χ3n) is 4.04. The van der Waals surface area contributed by atoms with Crippen LogP contribution in [0.15, 0.2) is 29.3 Å². The highest BCUT2D eigenvalue weighted by Gasteiger charge is 2.15. The van der Waals surface area contributed by atoms with Crippen molar-refractivity contribution in [3.8, 4) is 0 Å². The van der Waals surface area contributed by atoms with Gasteiger partial charge >= 0.3 is 0 Å². The molecule has 0 spiro atoms. The van der Waals surface area contributed by atoms with Gasteiger partial charge in [-0.1, -0.05) is 24.3 Å². The van der Waals surface area contributed by atoms with E-state index in [0.717, 1.165) is 30.9 Å². The van der Waals surface area contributed by atoms with Crippen LogP contribution in [0.2, 0.25) is 0 Å². The summed E-state index contributed by atoms with van der Waals surface area (Å²) in [6.07, 6.45) is 2.64. The predicted molar refractivity (Wildman–Crippen MR) is 106 cm³/mol. The maximum Gasteiger partial charge on any atom is 0.191 e. The Morgan fingerprint density at radius 2 is 2.08 bits per heavy atom. The third kappa shape index (κ3) is 8.12. The molecule has 6 heteroatoms. The van der Waals surface area contributed by atoms with E-state index in [2.05, 4.69) is 51.7 Å². The van der Waals surface area contributed by atoms with Gasteiger partial charge in [-0.05, 0) is 36.6 Å². The number of rotatable bonds is 10. The molecule has 1 aliphatic rings. The first-order valence-corrected chi connectivity index (χ1v) is 10.2. The lowest BCUT2D eigenvalue weighted by molar-refractivity contribution is 0.0453. The van der Waals surface area contributed by atoms with Crippen molar-refractivity contribution in [2.24, 2.45) is 4.99 Å². The van der Waals surface area contributed by atoms with E-state index in [4.69, 9.17) is 9.47 Å². The largest absolute Gasteiger partial charge is 0.379 e. The summed E-state index contributed by atoms with van der Waals surface area (Å²) >= 11 is 2.06. The Bertz CT molecular complexity index is 519. The topological polar surface area (TPSA) is 54.9 Å². The summed E-state index contributed by atoms with van der Waals surface area (Å²) in [5, 5.41) is 7.54. The molecular formula is C19H31N3O2S. The van der Waals surface area contributed by atoms with Crippen LogP contribution >= 0.6 is 11.8 Å². The van der Waals surface area contributed by atoms with E-state index >= 15 is 0 Å². The van der Waals surface area contributed by atoms with Gasteiger partial charge in [-0.15, -0.1) is 0 Å². The van der Waals surface area contributed by atoms with Crippen molar-refractivity contribution in [3.05, 3.63) is 35.4 Å². The first kappa shape index (κ1) is 20.1. The van der Waals surface area contributed by atoms with Crippen molar-refractivity contribution < 1.29 is 9.47 Å². The number of nitrogens with zero attached hydrogens (tertiary/aromatic N) is 1. The van der Waals surface area contributed by atoms with Gasteiger partial charge in [0, 0.05) is 32.0 Å². The van der Waals surface area contributed by atoms with Crippen LogP contribution in [0.25, 0.3) is 0 Å². The molecule has 0 aliphatic carbocycles. The van der Waals surface area contributed by atoms with Crippen LogP contribution in [0.4, 0.5) is 0 Å². The van der Waals surface area contributed by atoms with Crippen LogP contribution < -0.4 is 10.6 Å². The molecule has 1 aromatic carbocycles. The van der Waals surface area contributed by atoms with Crippen LogP contribution in [-0.2, 0) is 22.6 Å². The fourth-order valence-electron chi connectivity index (χ4n) is 2.70. The highest BCUT2D eigenvalue weighted by Crippen LogP contribution is 2.25. The maximum absolute atomic E-state index is 5.64. The fourth-order valence-corrected chi connectivity index (χ4v) is 3.91. The number of guanidine groups is 1. The van der Waals surface area contributed by atoms with Crippen LogP contribution in [-0.4, -0.2) is 50.4 Å². The number of benzene rings is 1. The molecule has 0 aromatic heterocycles. The molecule has 1 unspecified atom stereocenters. The van der Waals surface area contributed by atoms with Crippen molar-refractivity contribution in [1.82, 2.24) is 10.6 Å². The van der Waals surface area contributed by atoms with Crippen molar-refractivity contribution in [3.63, 3.8) is 0 Å². The first-order valence-electron chi connectivity index (χ1n) is 9.11. The standard InChI is InChI=1S/C19H31N3O2S/c1-3-23-9-10-24-15-17-7-4-6-16(12-17)13-21-19(20-2)22-14-18-8-5-11-25-18/h4,6-7,12,18H,3,5,8-11,13-15H2,1-2H3,(H2,20,21,22). The number of thioether (sulfide) groups is 1. The van der Waals surface area contributed by atoms with Crippen molar-refractivity contribution >= 4 is 17.7 Å². The molecule has 0 radical (unpaired) electrons. The molecule has 2 rings (SSSR count). The molecule has 1 saturated heterocycles. The van der Waals surface area contributed by atoms with Gasteiger partial charge in [0.15, 0.2) is 5.96 Å². The molecule has 0 saturated carbocycles. The van der Waals surface area contributed by atoms with E-state index in [0.29, 0.717) is 19.8 Å². The normalized spacial score (nSPS) is 17.7. The highest BCUT2D eigenvalue weighted by atomic mass is 32.2. The smallest absolute Gasteiger partial charge is 0.191 e. The molecule has 1 heterocycles. The minimum absolute atomic E-state index is 0.618. The lowest BCUT2D eigenvalue weighted by Crippen LogP contribution is -2.39. The summed E-state index contributed by atoms with van der Waals surface area (Å²) in [7, 11) is 1.82. The van der Waals surface area contributed by atoms with Crippen molar-refractivity contribution in [2.45, 2.75) is 38.2 Å². The Morgan fingerprint density at radius 3 is 2.84 bits per heavy atom. The molecule has 25 heavy (non-hydrogen) atoms. The number of hydrogen-bond acceptors (Lipinski definition) is 4. The third-order valence-corrected chi connectivity index (χ3v) is 5.44. The van der Waals surface area contributed by atoms with E-state index in [9.17, 15) is 0 Å². The minimum Gasteiger partial charge on any atom is -0.379 e. The van der Waals surface area contributed by atoms with E-state index in [1.54, 1.807) is 0 Å². The monoisotopic (exact) mass is 365 g/mol. The molecule has 2 N–H and O–H groups in total. The van der Waals surface area contributed by atoms with Crippen LogP contribution in [0, 0.1) is 0 Å². The average Bonchev–Trinajstić information content (AvgIpc) is 3.16. The Labute approximate surface area is 156 Å². The lowest BCUT2D eigenvalue weighted by Gasteiger charge is -2.15.